The molecule has 3 N–H and O–H groups in total. The first-order valence-corrected chi connectivity index (χ1v) is 6.44. The zero-order chi connectivity index (χ0) is 15.2. The van der Waals surface area contributed by atoms with Crippen LogP contribution in [0.4, 0.5) is 0 Å². The highest BCUT2D eigenvalue weighted by Gasteiger charge is 2.07. The zero-order valence-corrected chi connectivity index (χ0v) is 11.7. The van der Waals surface area contributed by atoms with Gasteiger partial charge < -0.3 is 4.74 Å². The monoisotopic (exact) mass is 301 g/mol. The van der Waals surface area contributed by atoms with Gasteiger partial charge in [0.15, 0.2) is 0 Å². The van der Waals surface area contributed by atoms with Gasteiger partial charge in [0, 0.05) is 16.7 Å². The van der Waals surface area contributed by atoms with E-state index < -0.39 is 0 Å². The highest BCUT2D eigenvalue weighted by Crippen LogP contribution is 2.23. The first kappa shape index (κ1) is 14.9. The van der Waals surface area contributed by atoms with Crippen LogP contribution in [0.3, 0.4) is 0 Å². The van der Waals surface area contributed by atoms with Crippen molar-refractivity contribution in [3.63, 3.8) is 0 Å². The summed E-state index contributed by atoms with van der Waals surface area (Å²) in [7, 11) is 0. The fraction of sp³-hybridized carbons (Fsp3) is 0.0667. The van der Waals surface area contributed by atoms with Crippen LogP contribution in [0.5, 0.6) is 5.75 Å². The molecule has 2 aromatic carbocycles. The lowest BCUT2D eigenvalue weighted by Gasteiger charge is -2.09. The highest BCUT2D eigenvalue weighted by molar-refractivity contribution is 6.30. The molecular weight excluding hydrogens is 290 g/mol. The smallest absolute Gasteiger partial charge is 0.265 e. The number of amides is 1. The molecule has 2 aromatic rings. The van der Waals surface area contributed by atoms with E-state index in [1.54, 1.807) is 36.4 Å². The molecule has 0 spiro atoms. The van der Waals surface area contributed by atoms with Gasteiger partial charge in [0.1, 0.15) is 18.4 Å². The Morgan fingerprint density at radius 2 is 2.14 bits per heavy atom. The minimum absolute atomic E-state index is 0.209. The average Bonchev–Trinajstić information content (AvgIpc) is 2.52. The van der Waals surface area contributed by atoms with E-state index in [2.05, 4.69) is 5.43 Å². The van der Waals surface area contributed by atoms with E-state index in [9.17, 15) is 4.79 Å². The van der Waals surface area contributed by atoms with Crippen LogP contribution < -0.4 is 16.0 Å². The van der Waals surface area contributed by atoms with Crippen LogP contribution in [0.25, 0.3) is 0 Å². The van der Waals surface area contributed by atoms with Gasteiger partial charge in [0.25, 0.3) is 5.91 Å². The number of halogens is 1. The van der Waals surface area contributed by atoms with E-state index in [1.807, 2.05) is 12.1 Å². The number of benzene rings is 2. The molecule has 0 atom stereocenters. The van der Waals surface area contributed by atoms with Gasteiger partial charge in [-0.25, -0.2) is 5.84 Å². The lowest BCUT2D eigenvalue weighted by molar-refractivity contribution is 0.0953. The fourth-order valence-corrected chi connectivity index (χ4v) is 1.92. The number of carbonyl (C=O) groups excluding carboxylic acids is 1. The maximum Gasteiger partial charge on any atom is 0.265 e. The summed E-state index contributed by atoms with van der Waals surface area (Å²) in [5.74, 6) is 5.12. The van der Waals surface area contributed by atoms with Gasteiger partial charge in [-0.1, -0.05) is 23.7 Å². The van der Waals surface area contributed by atoms with Crippen LogP contribution in [-0.2, 0) is 6.61 Å². The van der Waals surface area contributed by atoms with Gasteiger partial charge in [0.05, 0.1) is 5.56 Å². The molecule has 0 saturated carbocycles. The normalized spacial score (nSPS) is 9.76. The second kappa shape index (κ2) is 6.75. The van der Waals surface area contributed by atoms with Crippen LogP contribution in [0.2, 0.25) is 5.02 Å². The predicted molar refractivity (Wildman–Crippen MR) is 78.6 cm³/mol. The Labute approximate surface area is 126 Å². The van der Waals surface area contributed by atoms with Crippen molar-refractivity contribution >= 4 is 17.5 Å². The number of rotatable bonds is 4. The maximum absolute atomic E-state index is 11.4. The Kier molecular flexibility index (Phi) is 4.77. The number of ether oxygens (including phenoxy) is 1. The lowest BCUT2D eigenvalue weighted by Crippen LogP contribution is -2.30. The number of hydrogen-bond acceptors (Lipinski definition) is 4. The molecule has 0 radical (unpaired) electrons. The number of hydrazine groups is 1. The van der Waals surface area contributed by atoms with Crippen LogP contribution in [0, 0.1) is 11.3 Å². The summed E-state index contributed by atoms with van der Waals surface area (Å²) in [6.07, 6.45) is 0. The topological polar surface area (TPSA) is 88.1 Å². The second-order valence-corrected chi connectivity index (χ2v) is 4.65. The van der Waals surface area contributed by atoms with Gasteiger partial charge in [0.2, 0.25) is 0 Å². The third-order valence-corrected chi connectivity index (χ3v) is 3.01. The summed E-state index contributed by atoms with van der Waals surface area (Å²) < 4.78 is 5.59. The predicted octanol–water partition coefficient (Wildman–Crippen LogP) is 2.39. The first-order valence-electron chi connectivity index (χ1n) is 6.06. The molecule has 106 valence electrons. The summed E-state index contributed by atoms with van der Waals surface area (Å²) in [5, 5.41) is 9.50. The zero-order valence-electron chi connectivity index (χ0n) is 11.0. The van der Waals surface area contributed by atoms with Crippen molar-refractivity contribution in [2.24, 2.45) is 5.84 Å². The minimum Gasteiger partial charge on any atom is -0.487 e. The Bertz CT molecular complexity index is 710. The van der Waals surface area contributed by atoms with Crippen LogP contribution in [0.1, 0.15) is 21.5 Å². The number of nitrogens with one attached hydrogen (secondary N) is 1. The van der Waals surface area contributed by atoms with Crippen molar-refractivity contribution < 1.29 is 9.53 Å². The van der Waals surface area contributed by atoms with E-state index in [0.29, 0.717) is 21.9 Å². The third kappa shape index (κ3) is 3.72. The van der Waals surface area contributed by atoms with Crippen molar-refractivity contribution in [1.82, 2.24) is 5.43 Å². The van der Waals surface area contributed by atoms with E-state index in [-0.39, 0.29) is 12.5 Å². The Hall–Kier alpha value is -2.55. The molecule has 0 saturated heterocycles. The molecule has 5 nitrogen and oxygen atoms in total. The summed E-state index contributed by atoms with van der Waals surface area (Å²) in [6.45, 7) is 0.209. The van der Waals surface area contributed by atoms with Gasteiger partial charge in [-0.3, -0.25) is 10.2 Å². The Balaban J connectivity index is 2.15. The Morgan fingerprint density at radius 3 is 2.86 bits per heavy atom. The van der Waals surface area contributed by atoms with Crippen molar-refractivity contribution in [2.45, 2.75) is 6.61 Å². The van der Waals surface area contributed by atoms with Crippen molar-refractivity contribution in [3.8, 4) is 11.8 Å². The molecule has 0 unspecified atom stereocenters. The number of nitrogen functional groups attached to an aromatic ring is 1. The molecule has 1 amide bonds. The van der Waals surface area contributed by atoms with E-state index in [1.165, 1.54) is 0 Å². The van der Waals surface area contributed by atoms with Gasteiger partial charge in [-0.2, -0.15) is 5.26 Å². The molecule has 6 heteroatoms. The number of nitriles is 1. The SMILES string of the molecule is N#Cc1ccc(Cl)cc1OCc1cccc(C(=O)NN)c1. The largest absolute Gasteiger partial charge is 0.487 e. The van der Waals surface area contributed by atoms with E-state index >= 15 is 0 Å². The molecular formula is C15H12ClN3O2. The molecule has 0 heterocycles. The molecule has 0 fully saturated rings. The molecule has 0 aliphatic heterocycles. The van der Waals surface area contributed by atoms with Crippen LogP contribution in [-0.4, -0.2) is 5.91 Å². The maximum atomic E-state index is 11.4. The molecule has 0 aliphatic rings. The number of carbonyl (C=O) groups is 1. The highest BCUT2D eigenvalue weighted by atomic mass is 35.5. The Morgan fingerprint density at radius 1 is 1.33 bits per heavy atom. The molecule has 0 aliphatic carbocycles. The number of nitrogens with two attached hydrogens (primary N) is 1. The summed E-state index contributed by atoms with van der Waals surface area (Å²) >= 11 is 5.88. The lowest BCUT2D eigenvalue weighted by atomic mass is 10.1. The standard InChI is InChI=1S/C15H12ClN3O2/c16-13-5-4-12(8-17)14(7-13)21-9-10-2-1-3-11(6-10)15(20)19-18/h1-7H,9,18H2,(H,19,20). The van der Waals surface area contributed by atoms with Gasteiger partial charge in [-0.05, 0) is 29.8 Å². The molecule has 0 bridgehead atoms. The van der Waals surface area contributed by atoms with E-state index in [0.717, 1.165) is 5.56 Å². The fourth-order valence-electron chi connectivity index (χ4n) is 1.75. The van der Waals surface area contributed by atoms with Crippen molar-refractivity contribution in [2.75, 3.05) is 0 Å². The van der Waals surface area contributed by atoms with Crippen LogP contribution in [0.15, 0.2) is 42.5 Å². The summed E-state index contributed by atoms with van der Waals surface area (Å²) in [4.78, 5) is 11.4. The summed E-state index contributed by atoms with van der Waals surface area (Å²) in [6, 6.07) is 13.7. The number of hydrogen-bond donors (Lipinski definition) is 2. The minimum atomic E-state index is -0.377. The van der Waals surface area contributed by atoms with Crippen LogP contribution >= 0.6 is 11.6 Å². The summed E-state index contributed by atoms with van der Waals surface area (Å²) in [5.41, 5.74) is 3.68. The average molecular weight is 302 g/mol. The molecule has 0 aromatic heterocycles. The van der Waals surface area contributed by atoms with Crippen molar-refractivity contribution in [3.05, 3.63) is 64.2 Å². The first-order chi connectivity index (χ1) is 10.1. The quantitative estimate of drug-likeness (QED) is 0.515. The third-order valence-electron chi connectivity index (χ3n) is 2.78. The van der Waals surface area contributed by atoms with Gasteiger partial charge >= 0.3 is 0 Å². The molecule has 2 rings (SSSR count). The van der Waals surface area contributed by atoms with Gasteiger partial charge in [-0.15, -0.1) is 0 Å². The van der Waals surface area contributed by atoms with E-state index in [4.69, 9.17) is 27.4 Å². The molecule has 21 heavy (non-hydrogen) atoms. The second-order valence-electron chi connectivity index (χ2n) is 4.21. The number of nitrogens with zero attached hydrogens (tertiary/aromatic N) is 1. The van der Waals surface area contributed by atoms with Crippen molar-refractivity contribution in [1.29, 1.82) is 5.26 Å².